The van der Waals surface area contributed by atoms with Gasteiger partial charge in [0, 0.05) is 18.9 Å². The molecule has 0 bridgehead atoms. The fraction of sp³-hybridized carbons (Fsp3) is 0.538. The van der Waals surface area contributed by atoms with Crippen molar-refractivity contribution in [3.05, 3.63) is 23.3 Å². The van der Waals surface area contributed by atoms with Gasteiger partial charge in [-0.05, 0) is 49.9 Å². The first-order chi connectivity index (χ1) is 8.90. The number of aryl methyl sites for hydroxylation is 2. The standard InChI is InChI=1S/C13H20N2O3S/c1-9-8-13(10(2)7-12(9)14)15-19(16,17)11-3-5-18-6-4-11/h7-8,11,15H,3-6,14H2,1-2H3. The van der Waals surface area contributed by atoms with Crippen molar-refractivity contribution in [3.63, 3.8) is 0 Å². The van der Waals surface area contributed by atoms with E-state index in [4.69, 9.17) is 10.5 Å². The highest BCUT2D eigenvalue weighted by atomic mass is 32.2. The minimum Gasteiger partial charge on any atom is -0.399 e. The van der Waals surface area contributed by atoms with Gasteiger partial charge in [-0.1, -0.05) is 0 Å². The highest BCUT2D eigenvalue weighted by molar-refractivity contribution is 7.93. The molecule has 5 nitrogen and oxygen atoms in total. The van der Waals surface area contributed by atoms with Crippen LogP contribution >= 0.6 is 0 Å². The highest BCUT2D eigenvalue weighted by Gasteiger charge is 2.28. The van der Waals surface area contributed by atoms with Gasteiger partial charge in [0.25, 0.3) is 0 Å². The van der Waals surface area contributed by atoms with Crippen molar-refractivity contribution in [3.8, 4) is 0 Å². The summed E-state index contributed by atoms with van der Waals surface area (Å²) in [6.07, 6.45) is 1.09. The fourth-order valence-corrected chi connectivity index (χ4v) is 3.68. The van der Waals surface area contributed by atoms with Crippen LogP contribution in [0, 0.1) is 13.8 Å². The van der Waals surface area contributed by atoms with Crippen LogP contribution in [0.25, 0.3) is 0 Å². The molecule has 19 heavy (non-hydrogen) atoms. The molecular formula is C13H20N2O3S. The number of sulfonamides is 1. The third-order valence-corrected chi connectivity index (χ3v) is 5.33. The van der Waals surface area contributed by atoms with Gasteiger partial charge >= 0.3 is 0 Å². The number of anilines is 2. The predicted octanol–water partition coefficient (Wildman–Crippen LogP) is 1.81. The van der Waals surface area contributed by atoms with Crippen LogP contribution in [0.3, 0.4) is 0 Å². The summed E-state index contributed by atoms with van der Waals surface area (Å²) < 4.78 is 32.5. The van der Waals surface area contributed by atoms with E-state index in [-0.39, 0.29) is 5.25 Å². The third kappa shape index (κ3) is 3.19. The van der Waals surface area contributed by atoms with E-state index in [1.807, 2.05) is 13.8 Å². The Labute approximate surface area is 114 Å². The maximum atomic E-state index is 12.3. The highest BCUT2D eigenvalue weighted by Crippen LogP contribution is 2.25. The maximum Gasteiger partial charge on any atom is 0.235 e. The lowest BCUT2D eigenvalue weighted by Crippen LogP contribution is -2.33. The smallest absolute Gasteiger partial charge is 0.235 e. The molecule has 0 saturated carbocycles. The largest absolute Gasteiger partial charge is 0.399 e. The predicted molar refractivity (Wildman–Crippen MR) is 76.7 cm³/mol. The normalized spacial score (nSPS) is 17.4. The zero-order chi connectivity index (χ0) is 14.0. The van der Waals surface area contributed by atoms with Gasteiger partial charge in [-0.3, -0.25) is 4.72 Å². The molecule has 1 aliphatic rings. The van der Waals surface area contributed by atoms with Crippen molar-refractivity contribution in [2.24, 2.45) is 0 Å². The molecule has 6 heteroatoms. The number of nitrogens with two attached hydrogens (primary N) is 1. The molecule has 1 saturated heterocycles. The number of nitrogens with one attached hydrogen (secondary N) is 1. The van der Waals surface area contributed by atoms with E-state index in [1.165, 1.54) is 0 Å². The zero-order valence-electron chi connectivity index (χ0n) is 11.3. The summed E-state index contributed by atoms with van der Waals surface area (Å²) in [5.41, 5.74) is 8.79. The molecule has 0 aromatic heterocycles. The Hall–Kier alpha value is -1.27. The number of rotatable bonds is 3. The molecule has 0 spiro atoms. The summed E-state index contributed by atoms with van der Waals surface area (Å²) in [5.74, 6) is 0. The lowest BCUT2D eigenvalue weighted by molar-refractivity contribution is 0.0984. The van der Waals surface area contributed by atoms with E-state index in [2.05, 4.69) is 4.72 Å². The molecule has 1 fully saturated rings. The summed E-state index contributed by atoms with van der Waals surface area (Å²) in [6, 6.07) is 3.57. The van der Waals surface area contributed by atoms with Crippen LogP contribution in [0.4, 0.5) is 11.4 Å². The summed E-state index contributed by atoms with van der Waals surface area (Å²) in [6.45, 7) is 4.72. The first-order valence-electron chi connectivity index (χ1n) is 6.36. The van der Waals surface area contributed by atoms with E-state index in [0.717, 1.165) is 11.1 Å². The van der Waals surface area contributed by atoms with Gasteiger partial charge in [0.15, 0.2) is 0 Å². The van der Waals surface area contributed by atoms with Gasteiger partial charge in [0.2, 0.25) is 10.0 Å². The monoisotopic (exact) mass is 284 g/mol. The van der Waals surface area contributed by atoms with Crippen LogP contribution in [0.5, 0.6) is 0 Å². The first kappa shape index (κ1) is 14.1. The third-order valence-electron chi connectivity index (χ3n) is 3.47. The van der Waals surface area contributed by atoms with Crippen molar-refractivity contribution >= 4 is 21.4 Å². The van der Waals surface area contributed by atoms with Gasteiger partial charge in [-0.25, -0.2) is 8.42 Å². The summed E-state index contributed by atoms with van der Waals surface area (Å²) in [7, 11) is -3.36. The van der Waals surface area contributed by atoms with Crippen LogP contribution in [0.1, 0.15) is 24.0 Å². The molecule has 0 amide bonds. The van der Waals surface area contributed by atoms with E-state index in [0.29, 0.717) is 37.4 Å². The molecule has 0 unspecified atom stereocenters. The van der Waals surface area contributed by atoms with E-state index in [9.17, 15) is 8.42 Å². The van der Waals surface area contributed by atoms with Gasteiger partial charge in [0.05, 0.1) is 10.9 Å². The van der Waals surface area contributed by atoms with Gasteiger partial charge in [-0.2, -0.15) is 0 Å². The Bertz CT molecular complexity index is 563. The number of nitrogen functional groups attached to an aromatic ring is 1. The second-order valence-electron chi connectivity index (χ2n) is 4.98. The summed E-state index contributed by atoms with van der Waals surface area (Å²) in [4.78, 5) is 0. The average molecular weight is 284 g/mol. The van der Waals surface area contributed by atoms with Crippen molar-refractivity contribution in [1.29, 1.82) is 0 Å². The zero-order valence-corrected chi connectivity index (χ0v) is 12.1. The van der Waals surface area contributed by atoms with Gasteiger partial charge < -0.3 is 10.5 Å². The van der Waals surface area contributed by atoms with Crippen molar-refractivity contribution in [1.82, 2.24) is 0 Å². The molecule has 1 aromatic rings. The maximum absolute atomic E-state index is 12.3. The average Bonchev–Trinajstić information content (AvgIpc) is 2.37. The van der Waals surface area contributed by atoms with Crippen LogP contribution in [0.15, 0.2) is 12.1 Å². The molecule has 1 aliphatic heterocycles. The molecule has 2 rings (SSSR count). The summed E-state index contributed by atoms with van der Waals surface area (Å²) in [5, 5.41) is -0.376. The van der Waals surface area contributed by atoms with E-state index < -0.39 is 10.0 Å². The molecular weight excluding hydrogens is 264 g/mol. The van der Waals surface area contributed by atoms with Crippen molar-refractivity contribution < 1.29 is 13.2 Å². The Morgan fingerprint density at radius 3 is 2.47 bits per heavy atom. The SMILES string of the molecule is Cc1cc(NS(=O)(=O)C2CCOCC2)c(C)cc1N. The van der Waals surface area contributed by atoms with Gasteiger partial charge in [0.1, 0.15) is 0 Å². The van der Waals surface area contributed by atoms with E-state index >= 15 is 0 Å². The van der Waals surface area contributed by atoms with Crippen LogP contribution in [0.2, 0.25) is 0 Å². The number of hydrogen-bond donors (Lipinski definition) is 2. The lowest BCUT2D eigenvalue weighted by Gasteiger charge is -2.23. The number of hydrogen-bond acceptors (Lipinski definition) is 4. The van der Waals surface area contributed by atoms with Crippen LogP contribution in [-0.2, 0) is 14.8 Å². The lowest BCUT2D eigenvalue weighted by atomic mass is 10.1. The Morgan fingerprint density at radius 2 is 1.84 bits per heavy atom. The Kier molecular flexibility index (Phi) is 4.01. The first-order valence-corrected chi connectivity index (χ1v) is 7.91. The second kappa shape index (κ2) is 5.38. The van der Waals surface area contributed by atoms with Crippen LogP contribution < -0.4 is 10.5 Å². The van der Waals surface area contributed by atoms with Crippen molar-refractivity contribution in [2.45, 2.75) is 31.9 Å². The van der Waals surface area contributed by atoms with Gasteiger partial charge in [-0.15, -0.1) is 0 Å². The molecule has 1 heterocycles. The van der Waals surface area contributed by atoms with Crippen LogP contribution in [-0.4, -0.2) is 26.9 Å². The molecule has 0 aliphatic carbocycles. The number of benzene rings is 1. The van der Waals surface area contributed by atoms with E-state index in [1.54, 1.807) is 12.1 Å². The second-order valence-corrected chi connectivity index (χ2v) is 6.94. The quantitative estimate of drug-likeness (QED) is 0.829. The Balaban J connectivity index is 2.22. The molecule has 0 radical (unpaired) electrons. The molecule has 0 atom stereocenters. The minimum absolute atomic E-state index is 0.376. The minimum atomic E-state index is -3.36. The molecule has 3 N–H and O–H groups in total. The Morgan fingerprint density at radius 1 is 1.21 bits per heavy atom. The summed E-state index contributed by atoms with van der Waals surface area (Å²) >= 11 is 0. The number of ether oxygens (including phenoxy) is 1. The van der Waals surface area contributed by atoms with Crippen molar-refractivity contribution in [2.75, 3.05) is 23.7 Å². The molecule has 1 aromatic carbocycles. The molecule has 106 valence electrons. The topological polar surface area (TPSA) is 81.4 Å². The fourth-order valence-electron chi connectivity index (χ4n) is 2.17.